The highest BCUT2D eigenvalue weighted by molar-refractivity contribution is 5.87. The second kappa shape index (κ2) is 7.45. The van der Waals surface area contributed by atoms with E-state index in [4.69, 9.17) is 5.11 Å². The first-order chi connectivity index (χ1) is 8.72. The van der Waals surface area contributed by atoms with Crippen LogP contribution in [0.15, 0.2) is 24.3 Å². The largest absolute Gasteiger partial charge is 0.478 e. The zero-order valence-electron chi connectivity index (χ0n) is 10.6. The van der Waals surface area contributed by atoms with Crippen LogP contribution in [0.25, 0.3) is 0 Å². The Morgan fingerprint density at radius 1 is 1.26 bits per heavy atom. The molecule has 1 aromatic rings. The predicted molar refractivity (Wildman–Crippen MR) is 74.9 cm³/mol. The third-order valence-electron chi connectivity index (χ3n) is 3.31. The van der Waals surface area contributed by atoms with Crippen molar-refractivity contribution in [1.29, 1.82) is 0 Å². The molecule has 1 aromatic carbocycles. The summed E-state index contributed by atoms with van der Waals surface area (Å²) in [4.78, 5) is 13.0. The SMILES string of the molecule is Cl.O=C(O)c1ccc([C@@H](CO)N2CCNCC2)cc1. The van der Waals surface area contributed by atoms with Gasteiger partial charge in [0, 0.05) is 26.2 Å². The van der Waals surface area contributed by atoms with Gasteiger partial charge in [-0.2, -0.15) is 0 Å². The Balaban J connectivity index is 0.00000180. The Hall–Kier alpha value is -1.14. The molecule has 3 N–H and O–H groups in total. The molecule has 1 heterocycles. The molecule has 0 unspecified atom stereocenters. The van der Waals surface area contributed by atoms with Crippen molar-refractivity contribution in [2.75, 3.05) is 32.8 Å². The number of aliphatic hydroxyl groups is 1. The van der Waals surface area contributed by atoms with E-state index in [0.29, 0.717) is 0 Å². The fraction of sp³-hybridized carbons (Fsp3) is 0.462. The molecule has 0 saturated carbocycles. The van der Waals surface area contributed by atoms with Crippen LogP contribution in [0.3, 0.4) is 0 Å². The third kappa shape index (κ3) is 3.91. The Bertz CT molecular complexity index is 405. The van der Waals surface area contributed by atoms with Crippen molar-refractivity contribution >= 4 is 18.4 Å². The molecule has 1 atom stereocenters. The molecule has 106 valence electrons. The lowest BCUT2D eigenvalue weighted by atomic mass is 10.0. The lowest BCUT2D eigenvalue weighted by Crippen LogP contribution is -2.46. The van der Waals surface area contributed by atoms with Gasteiger partial charge in [-0.1, -0.05) is 12.1 Å². The lowest BCUT2D eigenvalue weighted by molar-refractivity contribution is 0.0697. The summed E-state index contributed by atoms with van der Waals surface area (Å²) in [5.74, 6) is -0.927. The fourth-order valence-electron chi connectivity index (χ4n) is 2.27. The summed E-state index contributed by atoms with van der Waals surface area (Å²) in [6, 6.07) is 6.69. The Labute approximate surface area is 118 Å². The van der Waals surface area contributed by atoms with Crippen molar-refractivity contribution in [3.05, 3.63) is 35.4 Å². The van der Waals surface area contributed by atoms with Gasteiger partial charge in [-0.25, -0.2) is 4.79 Å². The van der Waals surface area contributed by atoms with E-state index in [1.54, 1.807) is 24.3 Å². The molecule has 5 nitrogen and oxygen atoms in total. The third-order valence-corrected chi connectivity index (χ3v) is 3.31. The van der Waals surface area contributed by atoms with E-state index in [9.17, 15) is 9.90 Å². The normalized spacial score (nSPS) is 17.5. The van der Waals surface area contributed by atoms with Gasteiger partial charge in [0.2, 0.25) is 0 Å². The van der Waals surface area contributed by atoms with Crippen LogP contribution in [-0.2, 0) is 0 Å². The molecule has 1 aliphatic rings. The number of carbonyl (C=O) groups is 1. The number of nitrogens with zero attached hydrogens (tertiary/aromatic N) is 1. The quantitative estimate of drug-likeness (QED) is 0.762. The number of benzene rings is 1. The van der Waals surface area contributed by atoms with E-state index < -0.39 is 5.97 Å². The molecule has 19 heavy (non-hydrogen) atoms. The first kappa shape index (κ1) is 15.9. The van der Waals surface area contributed by atoms with Crippen LogP contribution >= 0.6 is 12.4 Å². The number of nitrogens with one attached hydrogen (secondary N) is 1. The minimum atomic E-state index is -0.927. The molecule has 0 bridgehead atoms. The summed E-state index contributed by atoms with van der Waals surface area (Å²) < 4.78 is 0. The second-order valence-corrected chi connectivity index (χ2v) is 4.41. The van der Waals surface area contributed by atoms with Crippen LogP contribution < -0.4 is 5.32 Å². The molecule has 0 aliphatic carbocycles. The number of carboxylic acids is 1. The van der Waals surface area contributed by atoms with Gasteiger partial charge in [-0.05, 0) is 17.7 Å². The number of aliphatic hydroxyl groups excluding tert-OH is 1. The summed E-state index contributed by atoms with van der Waals surface area (Å²) in [5, 5.41) is 21.7. The maximum absolute atomic E-state index is 10.8. The number of aromatic carboxylic acids is 1. The molecule has 0 spiro atoms. The molecule has 2 rings (SSSR count). The van der Waals surface area contributed by atoms with Crippen LogP contribution in [0.1, 0.15) is 22.0 Å². The van der Waals surface area contributed by atoms with Gasteiger partial charge in [0.25, 0.3) is 0 Å². The molecule has 0 aromatic heterocycles. The van der Waals surface area contributed by atoms with Gasteiger partial charge < -0.3 is 15.5 Å². The summed E-state index contributed by atoms with van der Waals surface area (Å²) in [5.41, 5.74) is 1.24. The van der Waals surface area contributed by atoms with E-state index in [0.717, 1.165) is 31.7 Å². The predicted octanol–water partition coefficient (Wildman–Crippen LogP) is 0.745. The summed E-state index contributed by atoms with van der Waals surface area (Å²) in [6.07, 6.45) is 0. The maximum atomic E-state index is 10.8. The molecule has 0 amide bonds. The van der Waals surface area contributed by atoms with E-state index >= 15 is 0 Å². The standard InChI is InChI=1S/C13H18N2O3.ClH/c16-9-12(15-7-5-14-6-8-15)10-1-3-11(4-2-10)13(17)18;/h1-4,12,14,16H,5-9H2,(H,17,18);1H/t12-;/m1./s1. The monoisotopic (exact) mass is 286 g/mol. The first-order valence-electron chi connectivity index (χ1n) is 6.11. The van der Waals surface area contributed by atoms with Crippen LogP contribution in [0.5, 0.6) is 0 Å². The van der Waals surface area contributed by atoms with Gasteiger partial charge in [0.1, 0.15) is 0 Å². The summed E-state index contributed by atoms with van der Waals surface area (Å²) in [6.45, 7) is 3.68. The molecule has 1 aliphatic heterocycles. The second-order valence-electron chi connectivity index (χ2n) is 4.41. The highest BCUT2D eigenvalue weighted by Gasteiger charge is 2.21. The molecular formula is C13H19ClN2O3. The van der Waals surface area contributed by atoms with Gasteiger partial charge >= 0.3 is 5.97 Å². The highest BCUT2D eigenvalue weighted by atomic mass is 35.5. The average Bonchev–Trinajstić information content (AvgIpc) is 2.41. The highest BCUT2D eigenvalue weighted by Crippen LogP contribution is 2.21. The van der Waals surface area contributed by atoms with Gasteiger partial charge in [0.05, 0.1) is 18.2 Å². The van der Waals surface area contributed by atoms with Crippen molar-refractivity contribution in [1.82, 2.24) is 10.2 Å². The smallest absolute Gasteiger partial charge is 0.335 e. The average molecular weight is 287 g/mol. The number of rotatable bonds is 4. The molecule has 1 fully saturated rings. The zero-order valence-corrected chi connectivity index (χ0v) is 11.4. The first-order valence-corrected chi connectivity index (χ1v) is 6.11. The van der Waals surface area contributed by atoms with E-state index in [1.807, 2.05) is 0 Å². The minimum Gasteiger partial charge on any atom is -0.478 e. The van der Waals surface area contributed by atoms with Crippen LogP contribution in [-0.4, -0.2) is 53.9 Å². The molecule has 6 heteroatoms. The van der Waals surface area contributed by atoms with E-state index in [-0.39, 0.29) is 30.6 Å². The topological polar surface area (TPSA) is 72.8 Å². The Morgan fingerprint density at radius 3 is 2.32 bits per heavy atom. The number of piperazine rings is 1. The Morgan fingerprint density at radius 2 is 1.84 bits per heavy atom. The molecular weight excluding hydrogens is 268 g/mol. The van der Waals surface area contributed by atoms with E-state index in [2.05, 4.69) is 10.2 Å². The van der Waals surface area contributed by atoms with Crippen molar-refractivity contribution in [3.8, 4) is 0 Å². The lowest BCUT2D eigenvalue weighted by Gasteiger charge is -2.34. The van der Waals surface area contributed by atoms with Crippen molar-refractivity contribution < 1.29 is 15.0 Å². The summed E-state index contributed by atoms with van der Waals surface area (Å²) in [7, 11) is 0. The van der Waals surface area contributed by atoms with Crippen LogP contribution in [0.4, 0.5) is 0 Å². The van der Waals surface area contributed by atoms with Crippen LogP contribution in [0, 0.1) is 0 Å². The fourth-order valence-corrected chi connectivity index (χ4v) is 2.27. The maximum Gasteiger partial charge on any atom is 0.335 e. The minimum absolute atomic E-state index is 0. The van der Waals surface area contributed by atoms with Gasteiger partial charge in [0.15, 0.2) is 0 Å². The number of hydrogen-bond donors (Lipinski definition) is 3. The van der Waals surface area contributed by atoms with Crippen LogP contribution in [0.2, 0.25) is 0 Å². The van der Waals surface area contributed by atoms with Crippen molar-refractivity contribution in [2.24, 2.45) is 0 Å². The van der Waals surface area contributed by atoms with Crippen molar-refractivity contribution in [3.63, 3.8) is 0 Å². The number of carboxylic acid groups (broad SMARTS) is 1. The van der Waals surface area contributed by atoms with E-state index in [1.165, 1.54) is 0 Å². The zero-order chi connectivity index (χ0) is 13.0. The van der Waals surface area contributed by atoms with Gasteiger partial charge in [-0.3, -0.25) is 4.90 Å². The van der Waals surface area contributed by atoms with Gasteiger partial charge in [-0.15, -0.1) is 12.4 Å². The molecule has 0 radical (unpaired) electrons. The Kier molecular flexibility index (Phi) is 6.24. The molecule has 1 saturated heterocycles. The number of halogens is 1. The number of hydrogen-bond acceptors (Lipinski definition) is 4. The summed E-state index contributed by atoms with van der Waals surface area (Å²) >= 11 is 0. The van der Waals surface area contributed by atoms with Crippen molar-refractivity contribution in [2.45, 2.75) is 6.04 Å².